The van der Waals surface area contributed by atoms with E-state index in [1.54, 1.807) is 18.6 Å². The maximum Gasteiger partial charge on any atom is 0.223 e. The van der Waals surface area contributed by atoms with Crippen LogP contribution in [0.5, 0.6) is 0 Å². The molecule has 6 aromatic heterocycles. The molecule has 44 heavy (non-hydrogen) atoms. The zero-order valence-corrected chi connectivity index (χ0v) is 25.4. The second kappa shape index (κ2) is 12.5. The van der Waals surface area contributed by atoms with Crippen molar-refractivity contribution in [1.29, 1.82) is 0 Å². The van der Waals surface area contributed by atoms with Crippen LogP contribution in [0.15, 0.2) is 48.9 Å². The predicted octanol–water partition coefficient (Wildman–Crippen LogP) is 2.28. The number of hydrogen-bond donors (Lipinski definition) is 4. The summed E-state index contributed by atoms with van der Waals surface area (Å²) in [6, 6.07) is 9.68. The number of nitrogen functional groups attached to an aromatic ring is 2. The number of pyridine rings is 2. The molecule has 6 aromatic rings. The van der Waals surface area contributed by atoms with Crippen molar-refractivity contribution in [2.75, 3.05) is 73.6 Å². The van der Waals surface area contributed by atoms with Gasteiger partial charge in [-0.25, -0.2) is 19.9 Å². The first kappa shape index (κ1) is 28.1. The molecule has 6 N–H and O–H groups in total. The molecule has 0 saturated carbocycles. The molecular formula is C28H30N14S2. The van der Waals surface area contributed by atoms with Crippen LogP contribution in [0.2, 0.25) is 0 Å². The average Bonchev–Trinajstić information content (AvgIpc) is 3.71. The summed E-state index contributed by atoms with van der Waals surface area (Å²) in [5, 5.41) is 8.40. The van der Waals surface area contributed by atoms with Gasteiger partial charge in [-0.05, 0) is 24.3 Å². The van der Waals surface area contributed by atoms with Gasteiger partial charge in [0.05, 0.1) is 5.69 Å². The number of thiazole rings is 2. The van der Waals surface area contributed by atoms with Crippen LogP contribution in [0.4, 0.5) is 23.5 Å². The Balaban J connectivity index is 0.000000142. The molecule has 0 radical (unpaired) electrons. The quantitative estimate of drug-likeness (QED) is 0.223. The Morgan fingerprint density at radius 2 is 1.23 bits per heavy atom. The highest BCUT2D eigenvalue weighted by atomic mass is 32.1. The molecule has 0 atom stereocenters. The van der Waals surface area contributed by atoms with Gasteiger partial charge in [0.2, 0.25) is 11.9 Å². The third-order valence-electron chi connectivity index (χ3n) is 7.14. The molecule has 0 unspecified atom stereocenters. The second-order valence-electron chi connectivity index (χ2n) is 10.1. The topological polar surface area (TPSA) is 186 Å². The summed E-state index contributed by atoms with van der Waals surface area (Å²) in [4.78, 5) is 41.5. The maximum absolute atomic E-state index is 5.88. The van der Waals surface area contributed by atoms with Gasteiger partial charge in [-0.1, -0.05) is 28.7 Å². The standard InChI is InChI=1S/2C14H15N7S/c15-14-19-11(21-6-4-16-5-7-21)10-13(20-14)22-12(18-10)9-2-1-3-17-8-9;15-14-19-11(21-7-5-16-6-8-21)10-13(20-14)22-12(18-10)9-3-1-2-4-17-9/h1-3,8,16H,4-7H2,(H2,15,19,20);1-4,16H,5-8H2,(H2,15,19,20). The van der Waals surface area contributed by atoms with E-state index in [9.17, 15) is 0 Å². The van der Waals surface area contributed by atoms with Gasteiger partial charge >= 0.3 is 0 Å². The van der Waals surface area contributed by atoms with Crippen molar-refractivity contribution >= 4 is 66.9 Å². The minimum Gasteiger partial charge on any atom is -0.368 e. The summed E-state index contributed by atoms with van der Waals surface area (Å²) in [6.07, 6.45) is 5.32. The Labute approximate surface area is 260 Å². The first-order chi connectivity index (χ1) is 21.6. The molecule has 8 heterocycles. The first-order valence-corrected chi connectivity index (χ1v) is 15.9. The lowest BCUT2D eigenvalue weighted by molar-refractivity contribution is 0.586. The smallest absolute Gasteiger partial charge is 0.223 e. The van der Waals surface area contributed by atoms with Crippen LogP contribution in [0, 0.1) is 0 Å². The van der Waals surface area contributed by atoms with E-state index in [4.69, 9.17) is 21.4 Å². The zero-order valence-electron chi connectivity index (χ0n) is 23.7. The van der Waals surface area contributed by atoms with Gasteiger partial charge in [0.25, 0.3) is 0 Å². The largest absolute Gasteiger partial charge is 0.368 e. The van der Waals surface area contributed by atoms with Crippen LogP contribution >= 0.6 is 22.7 Å². The van der Waals surface area contributed by atoms with Crippen molar-refractivity contribution in [3.63, 3.8) is 0 Å². The number of hydrogen-bond acceptors (Lipinski definition) is 16. The van der Waals surface area contributed by atoms with Gasteiger partial charge in [0.15, 0.2) is 21.3 Å². The minimum atomic E-state index is 0.289. The molecule has 2 aliphatic heterocycles. The number of nitrogens with one attached hydrogen (secondary N) is 2. The van der Waals surface area contributed by atoms with Crippen molar-refractivity contribution in [1.82, 2.24) is 50.5 Å². The molecule has 0 bridgehead atoms. The molecule has 2 aliphatic rings. The number of fused-ring (bicyclic) bond motifs is 2. The van der Waals surface area contributed by atoms with Crippen LogP contribution in [-0.2, 0) is 0 Å². The molecule has 0 aliphatic carbocycles. The van der Waals surface area contributed by atoms with Gasteiger partial charge in [-0.15, -0.1) is 0 Å². The lowest BCUT2D eigenvalue weighted by Crippen LogP contribution is -2.44. The Kier molecular flexibility index (Phi) is 8.02. The molecule has 0 aromatic carbocycles. The molecule has 2 saturated heterocycles. The van der Waals surface area contributed by atoms with Gasteiger partial charge in [-0.2, -0.15) is 9.97 Å². The van der Waals surface area contributed by atoms with Crippen molar-refractivity contribution in [3.05, 3.63) is 48.9 Å². The zero-order chi connectivity index (χ0) is 29.9. The van der Waals surface area contributed by atoms with Crippen LogP contribution in [0.3, 0.4) is 0 Å². The minimum absolute atomic E-state index is 0.289. The van der Waals surface area contributed by atoms with Gasteiger partial charge in [-0.3, -0.25) is 9.97 Å². The maximum atomic E-state index is 5.88. The average molecular weight is 627 g/mol. The summed E-state index contributed by atoms with van der Waals surface area (Å²) >= 11 is 3.01. The Bertz CT molecular complexity index is 1730. The van der Waals surface area contributed by atoms with Crippen molar-refractivity contribution in [2.24, 2.45) is 0 Å². The van der Waals surface area contributed by atoms with E-state index in [2.05, 4.69) is 50.3 Å². The van der Waals surface area contributed by atoms with Gasteiger partial charge < -0.3 is 31.9 Å². The SMILES string of the molecule is Nc1nc(N2CCNCC2)c2nc(-c3ccccn3)sc2n1.Nc1nc(N2CCNCC2)c2nc(-c3cccnc3)sc2n1. The highest BCUT2D eigenvalue weighted by Gasteiger charge is 2.21. The van der Waals surface area contributed by atoms with E-state index in [1.807, 2.05) is 30.3 Å². The van der Waals surface area contributed by atoms with E-state index in [0.717, 1.165) is 106 Å². The van der Waals surface area contributed by atoms with Gasteiger partial charge in [0, 0.05) is 76.5 Å². The number of aromatic nitrogens is 8. The summed E-state index contributed by atoms with van der Waals surface area (Å²) in [7, 11) is 0. The molecule has 0 spiro atoms. The highest BCUT2D eigenvalue weighted by Crippen LogP contribution is 2.34. The molecule has 14 nitrogen and oxygen atoms in total. The molecule has 2 fully saturated rings. The third-order valence-corrected chi connectivity index (χ3v) is 9.11. The predicted molar refractivity (Wildman–Crippen MR) is 176 cm³/mol. The summed E-state index contributed by atoms with van der Waals surface area (Å²) in [5.74, 6) is 2.23. The van der Waals surface area contributed by atoms with Crippen LogP contribution in [0.1, 0.15) is 0 Å². The van der Waals surface area contributed by atoms with Crippen LogP contribution < -0.4 is 31.9 Å². The number of rotatable bonds is 4. The number of piperazine rings is 2. The van der Waals surface area contributed by atoms with E-state index in [-0.39, 0.29) is 5.95 Å². The Hall–Kier alpha value is -4.64. The summed E-state index contributed by atoms with van der Waals surface area (Å²) in [5.41, 5.74) is 15.2. The van der Waals surface area contributed by atoms with Crippen molar-refractivity contribution in [3.8, 4) is 21.3 Å². The van der Waals surface area contributed by atoms with E-state index in [1.165, 1.54) is 22.7 Å². The van der Waals surface area contributed by atoms with E-state index in [0.29, 0.717) is 5.95 Å². The highest BCUT2D eigenvalue weighted by molar-refractivity contribution is 7.21. The lowest BCUT2D eigenvalue weighted by atomic mass is 10.3. The van der Waals surface area contributed by atoms with Crippen molar-refractivity contribution in [2.45, 2.75) is 0 Å². The van der Waals surface area contributed by atoms with Crippen LogP contribution in [-0.4, -0.2) is 92.2 Å². The number of anilines is 4. The molecule has 224 valence electrons. The lowest BCUT2D eigenvalue weighted by Gasteiger charge is -2.28. The molecule has 16 heteroatoms. The fourth-order valence-electron chi connectivity index (χ4n) is 5.05. The fraction of sp³-hybridized carbons (Fsp3) is 0.286. The molecule has 8 rings (SSSR count). The molecule has 0 amide bonds. The number of nitrogens with zero attached hydrogens (tertiary/aromatic N) is 10. The first-order valence-electron chi connectivity index (χ1n) is 14.2. The second-order valence-corrected chi connectivity index (χ2v) is 12.0. The van der Waals surface area contributed by atoms with E-state index >= 15 is 0 Å². The Morgan fingerprint density at radius 1 is 0.636 bits per heavy atom. The Morgan fingerprint density at radius 3 is 1.77 bits per heavy atom. The van der Waals surface area contributed by atoms with Crippen molar-refractivity contribution < 1.29 is 0 Å². The normalized spacial score (nSPS) is 15.4. The fourth-order valence-corrected chi connectivity index (χ4v) is 6.90. The summed E-state index contributed by atoms with van der Waals surface area (Å²) in [6.45, 7) is 7.31. The summed E-state index contributed by atoms with van der Waals surface area (Å²) < 4.78 is 0. The third kappa shape index (κ3) is 5.92. The van der Waals surface area contributed by atoms with Gasteiger partial charge in [0.1, 0.15) is 21.0 Å². The van der Waals surface area contributed by atoms with E-state index < -0.39 is 0 Å². The number of nitrogens with two attached hydrogens (primary N) is 2. The monoisotopic (exact) mass is 626 g/mol. The molecular weight excluding hydrogens is 597 g/mol. The van der Waals surface area contributed by atoms with Crippen LogP contribution in [0.25, 0.3) is 42.0 Å².